The molecule has 0 saturated heterocycles. The zero-order valence-electron chi connectivity index (χ0n) is 16.3. The topological polar surface area (TPSA) is 77.2 Å². The first-order valence-corrected chi connectivity index (χ1v) is 10.4. The third kappa shape index (κ3) is 2.63. The number of aryl methyl sites for hydroxylation is 1. The average Bonchev–Trinajstić information content (AvgIpc) is 3.17. The van der Waals surface area contributed by atoms with Crippen LogP contribution in [0.3, 0.4) is 0 Å². The lowest BCUT2D eigenvalue weighted by atomic mass is 10.00. The maximum Gasteiger partial charge on any atom is 0.308 e. The first-order chi connectivity index (χ1) is 13.2. The highest BCUT2D eigenvalue weighted by molar-refractivity contribution is 7.87. The fraction of sp³-hybridized carbons (Fsp3) is 0.300. The molecule has 0 spiro atoms. The second-order valence-corrected chi connectivity index (χ2v) is 9.22. The zero-order chi connectivity index (χ0) is 20.2. The van der Waals surface area contributed by atoms with Gasteiger partial charge in [0.1, 0.15) is 6.33 Å². The summed E-state index contributed by atoms with van der Waals surface area (Å²) in [5, 5.41) is 1.09. The summed E-state index contributed by atoms with van der Waals surface area (Å²) >= 11 is 0. The van der Waals surface area contributed by atoms with E-state index in [1.54, 1.807) is 17.6 Å². The Morgan fingerprint density at radius 2 is 1.86 bits per heavy atom. The van der Waals surface area contributed by atoms with E-state index in [2.05, 4.69) is 4.98 Å². The molecule has 3 aromatic rings. The summed E-state index contributed by atoms with van der Waals surface area (Å²) in [5.41, 5.74) is 4.69. The lowest BCUT2D eigenvalue weighted by Crippen LogP contribution is -2.29. The molecule has 4 rings (SSSR count). The van der Waals surface area contributed by atoms with Gasteiger partial charge in [-0.3, -0.25) is 9.36 Å². The van der Waals surface area contributed by atoms with E-state index in [9.17, 15) is 13.2 Å². The minimum absolute atomic E-state index is 0.0741. The maximum absolute atomic E-state index is 13.2. The molecule has 1 aliphatic rings. The molecule has 0 saturated carbocycles. The minimum atomic E-state index is -3.65. The summed E-state index contributed by atoms with van der Waals surface area (Å²) in [6, 6.07) is 7.89. The Morgan fingerprint density at radius 1 is 1.14 bits per heavy atom. The fourth-order valence-electron chi connectivity index (χ4n) is 3.75. The van der Waals surface area contributed by atoms with Gasteiger partial charge in [0.2, 0.25) is 0 Å². The molecule has 1 aliphatic heterocycles. The maximum atomic E-state index is 13.2. The average molecular weight is 398 g/mol. The van der Waals surface area contributed by atoms with Crippen molar-refractivity contribution in [3.63, 3.8) is 0 Å². The second-order valence-electron chi connectivity index (χ2n) is 7.20. The van der Waals surface area contributed by atoms with Crippen LogP contribution in [0.5, 0.6) is 0 Å². The van der Waals surface area contributed by atoms with Crippen molar-refractivity contribution >= 4 is 33.1 Å². The van der Waals surface area contributed by atoms with Crippen LogP contribution >= 0.6 is 0 Å². The Bertz CT molecular complexity index is 1250. The molecule has 0 N–H and O–H groups in total. The van der Waals surface area contributed by atoms with Gasteiger partial charge in [-0.05, 0) is 44.4 Å². The van der Waals surface area contributed by atoms with Crippen molar-refractivity contribution in [3.8, 4) is 0 Å². The number of hydrogen-bond donors (Lipinski definition) is 0. The van der Waals surface area contributed by atoms with Crippen LogP contribution < -0.4 is 0 Å². The van der Waals surface area contributed by atoms with E-state index in [-0.39, 0.29) is 5.91 Å². The molecule has 0 bridgehead atoms. The van der Waals surface area contributed by atoms with Crippen LogP contribution in [0.4, 0.5) is 0 Å². The highest BCUT2D eigenvalue weighted by atomic mass is 32.2. The predicted octanol–water partition coefficient (Wildman–Crippen LogP) is 2.78. The smallest absolute Gasteiger partial charge is 0.280 e. The van der Waals surface area contributed by atoms with E-state index in [1.807, 2.05) is 31.2 Å². The fourth-order valence-corrected chi connectivity index (χ4v) is 4.70. The van der Waals surface area contributed by atoms with E-state index < -0.39 is 10.2 Å². The first-order valence-electron chi connectivity index (χ1n) is 9.04. The Hall–Kier alpha value is -2.71. The van der Waals surface area contributed by atoms with Crippen molar-refractivity contribution in [2.45, 2.75) is 26.7 Å². The minimum Gasteiger partial charge on any atom is -0.280 e. The number of carbonyl (C=O) groups excluding carboxylic acids is 1. The predicted molar refractivity (Wildman–Crippen MR) is 109 cm³/mol. The normalized spacial score (nSPS) is 16.3. The summed E-state index contributed by atoms with van der Waals surface area (Å²) in [6.07, 6.45) is 4.36. The van der Waals surface area contributed by atoms with Crippen LogP contribution in [-0.2, 0) is 16.6 Å². The highest BCUT2D eigenvalue weighted by Gasteiger charge is 2.27. The lowest BCUT2D eigenvalue weighted by molar-refractivity contribution is 0.0946. The summed E-state index contributed by atoms with van der Waals surface area (Å²) in [5.74, 6) is -0.0741. The monoisotopic (exact) mass is 398 g/mol. The van der Waals surface area contributed by atoms with Gasteiger partial charge < -0.3 is 0 Å². The van der Waals surface area contributed by atoms with Crippen LogP contribution in [0.15, 0.2) is 36.2 Å². The van der Waals surface area contributed by atoms with Gasteiger partial charge in [0.25, 0.3) is 5.91 Å². The number of para-hydroxylation sites is 1. The number of allylic oxidation sites excluding steroid dienone is 1. The molecular formula is C20H22N4O3S. The molecule has 0 fully saturated rings. The van der Waals surface area contributed by atoms with E-state index in [4.69, 9.17) is 0 Å². The van der Waals surface area contributed by atoms with Crippen molar-refractivity contribution in [2.75, 3.05) is 14.1 Å². The Balaban J connectivity index is 1.79. The molecule has 0 atom stereocenters. The second kappa shape index (κ2) is 6.42. The number of imidazole rings is 1. The molecule has 28 heavy (non-hydrogen) atoms. The van der Waals surface area contributed by atoms with Crippen molar-refractivity contribution < 1.29 is 13.2 Å². The number of carbonyl (C=O) groups is 1. The van der Waals surface area contributed by atoms with Gasteiger partial charge in [0.15, 0.2) is 0 Å². The van der Waals surface area contributed by atoms with Gasteiger partial charge in [0, 0.05) is 30.7 Å². The number of benzene rings is 1. The van der Waals surface area contributed by atoms with Crippen LogP contribution in [-0.4, -0.2) is 46.2 Å². The third-order valence-corrected chi connectivity index (χ3v) is 7.17. The van der Waals surface area contributed by atoms with Crippen LogP contribution in [0.1, 0.15) is 33.9 Å². The number of hydrogen-bond acceptors (Lipinski definition) is 4. The van der Waals surface area contributed by atoms with Crippen LogP contribution in [0.2, 0.25) is 0 Å². The first kappa shape index (κ1) is 18.6. The summed E-state index contributed by atoms with van der Waals surface area (Å²) in [7, 11) is -0.705. The lowest BCUT2D eigenvalue weighted by Gasteiger charge is -2.18. The zero-order valence-corrected chi connectivity index (χ0v) is 17.1. The molecular weight excluding hydrogens is 376 g/mol. The Kier molecular flexibility index (Phi) is 4.28. The van der Waals surface area contributed by atoms with E-state index in [1.165, 1.54) is 20.4 Å². The summed E-state index contributed by atoms with van der Waals surface area (Å²) in [4.78, 5) is 17.4. The largest absolute Gasteiger partial charge is 0.308 e. The van der Waals surface area contributed by atoms with Crippen molar-refractivity contribution in [1.82, 2.24) is 17.8 Å². The molecule has 0 amide bonds. The van der Waals surface area contributed by atoms with Gasteiger partial charge in [0.05, 0.1) is 16.9 Å². The summed E-state index contributed by atoms with van der Waals surface area (Å²) in [6.45, 7) is 3.74. The SMILES string of the molecule is Cc1c2n(c3ccccc13)C(=O)C(=Cc1ncn(S(=O)(=O)N(C)C)c1C)CC2. The van der Waals surface area contributed by atoms with Gasteiger partial charge in [-0.25, -0.2) is 8.96 Å². The third-order valence-electron chi connectivity index (χ3n) is 5.38. The van der Waals surface area contributed by atoms with Crippen molar-refractivity contribution in [3.05, 3.63) is 58.8 Å². The number of nitrogens with zero attached hydrogens (tertiary/aromatic N) is 4. The van der Waals surface area contributed by atoms with Crippen LogP contribution in [0, 0.1) is 13.8 Å². The Morgan fingerprint density at radius 3 is 2.57 bits per heavy atom. The molecule has 146 valence electrons. The molecule has 0 aliphatic carbocycles. The van der Waals surface area contributed by atoms with Gasteiger partial charge in [-0.15, -0.1) is 0 Å². The molecule has 1 aromatic carbocycles. The van der Waals surface area contributed by atoms with E-state index in [0.717, 1.165) is 36.9 Å². The van der Waals surface area contributed by atoms with Gasteiger partial charge in [-0.1, -0.05) is 18.2 Å². The number of aromatic nitrogens is 3. The van der Waals surface area contributed by atoms with Crippen LogP contribution in [0.25, 0.3) is 17.0 Å². The molecule has 8 heteroatoms. The number of fused-ring (bicyclic) bond motifs is 3. The molecule has 7 nitrogen and oxygen atoms in total. The quantitative estimate of drug-likeness (QED) is 0.636. The number of rotatable bonds is 3. The molecule has 2 aromatic heterocycles. The molecule has 0 radical (unpaired) electrons. The van der Waals surface area contributed by atoms with E-state index >= 15 is 0 Å². The Labute approximate surface area is 164 Å². The van der Waals surface area contributed by atoms with E-state index in [0.29, 0.717) is 23.4 Å². The molecule has 3 heterocycles. The highest BCUT2D eigenvalue weighted by Crippen LogP contribution is 2.32. The standard InChI is InChI=1S/C20H22N4O3S/c1-13-16-7-5-6-8-19(16)24-18(13)10-9-15(20(24)25)11-17-14(2)23(12-21-17)28(26,27)22(3)4/h5-8,11-12H,9-10H2,1-4H3. The summed E-state index contributed by atoms with van der Waals surface area (Å²) < 4.78 is 28.8. The van der Waals surface area contributed by atoms with Crippen molar-refractivity contribution in [2.24, 2.45) is 0 Å². The molecule has 0 unspecified atom stereocenters. The van der Waals surface area contributed by atoms with Gasteiger partial charge >= 0.3 is 10.2 Å². The van der Waals surface area contributed by atoms with Crippen molar-refractivity contribution in [1.29, 1.82) is 0 Å². The van der Waals surface area contributed by atoms with Gasteiger partial charge in [-0.2, -0.15) is 12.7 Å².